The molecule has 0 heterocycles. The van der Waals surface area contributed by atoms with E-state index >= 15 is 0 Å². The fourth-order valence-electron chi connectivity index (χ4n) is 5.07. The predicted octanol–water partition coefficient (Wildman–Crippen LogP) is 6.07. The summed E-state index contributed by atoms with van der Waals surface area (Å²) in [5.74, 6) is -0.358. The fourth-order valence-corrected chi connectivity index (χ4v) is 5.07. The van der Waals surface area contributed by atoms with Gasteiger partial charge in [-0.05, 0) is 77.6 Å². The molecule has 6 nitrogen and oxygen atoms in total. The Morgan fingerprint density at radius 1 is 0.865 bits per heavy atom. The molecule has 2 N–H and O–H groups in total. The maximum atomic E-state index is 12.9. The number of esters is 1. The lowest BCUT2D eigenvalue weighted by Gasteiger charge is -2.33. The summed E-state index contributed by atoms with van der Waals surface area (Å²) in [5.41, 5.74) is 2.17. The van der Waals surface area contributed by atoms with Gasteiger partial charge in [-0.25, -0.2) is 4.79 Å². The lowest BCUT2D eigenvalue weighted by Crippen LogP contribution is -2.51. The highest BCUT2D eigenvalue weighted by Gasteiger charge is 2.36. The van der Waals surface area contributed by atoms with Crippen molar-refractivity contribution in [1.82, 2.24) is 5.32 Å². The Labute approximate surface area is 218 Å². The molecule has 4 rings (SSSR count). The van der Waals surface area contributed by atoms with Crippen molar-refractivity contribution >= 4 is 34.2 Å². The molecule has 0 bridgehead atoms. The normalized spacial score (nSPS) is 18.6. The zero-order valence-electron chi connectivity index (χ0n) is 22.0. The molecule has 0 spiro atoms. The van der Waals surface area contributed by atoms with E-state index in [2.05, 4.69) is 22.8 Å². The highest BCUT2D eigenvalue weighted by Crippen LogP contribution is 2.36. The van der Waals surface area contributed by atoms with E-state index < -0.39 is 17.4 Å². The molecule has 3 aromatic rings. The molecule has 1 aliphatic rings. The van der Waals surface area contributed by atoms with Gasteiger partial charge in [0, 0.05) is 17.2 Å². The number of anilines is 1. The average Bonchev–Trinajstić information content (AvgIpc) is 2.90. The quantitative estimate of drug-likeness (QED) is 0.402. The average molecular weight is 501 g/mol. The van der Waals surface area contributed by atoms with Crippen LogP contribution in [0.4, 0.5) is 5.69 Å². The number of nitrogens with one attached hydrogen (secondary N) is 2. The lowest BCUT2D eigenvalue weighted by atomic mass is 9.78. The van der Waals surface area contributed by atoms with Crippen LogP contribution in [0.5, 0.6) is 0 Å². The van der Waals surface area contributed by atoms with E-state index in [9.17, 15) is 14.4 Å². The summed E-state index contributed by atoms with van der Waals surface area (Å²) in [4.78, 5) is 37.8. The summed E-state index contributed by atoms with van der Waals surface area (Å²) >= 11 is 0. The minimum atomic E-state index is -0.667. The highest BCUT2D eigenvalue weighted by molar-refractivity contribution is 6.06. The van der Waals surface area contributed by atoms with Crippen molar-refractivity contribution in [3.63, 3.8) is 0 Å². The van der Waals surface area contributed by atoms with E-state index in [0.717, 1.165) is 42.1 Å². The first kappa shape index (κ1) is 26.4. The van der Waals surface area contributed by atoms with Gasteiger partial charge in [-0.1, -0.05) is 63.2 Å². The standard InChI is InChI=1S/C31H36N2O4/c1-31(2,3)27(30(36)37-4)33-28(34)23-12-9-21(10-13-23)22-15-17-26(18-16-22)32-29(35)25-14-11-20-7-5-6-8-24(20)19-25/h5-8,11,14-19,21,23,27H,9-10,12-13H2,1-4H3,(H,32,35)(H,33,34)/t21?,23?,27-/m1/s1. The lowest BCUT2D eigenvalue weighted by molar-refractivity contribution is -0.149. The maximum absolute atomic E-state index is 12.9. The van der Waals surface area contributed by atoms with Crippen molar-refractivity contribution in [1.29, 1.82) is 0 Å². The maximum Gasteiger partial charge on any atom is 0.328 e. The molecule has 6 heteroatoms. The Hall–Kier alpha value is -3.67. The monoisotopic (exact) mass is 500 g/mol. The van der Waals surface area contributed by atoms with Crippen LogP contribution in [-0.2, 0) is 14.3 Å². The van der Waals surface area contributed by atoms with Gasteiger partial charge >= 0.3 is 5.97 Å². The number of carbonyl (C=O) groups is 3. The second-order valence-corrected chi connectivity index (χ2v) is 11.0. The molecule has 194 valence electrons. The van der Waals surface area contributed by atoms with Crippen molar-refractivity contribution in [2.45, 2.75) is 58.4 Å². The number of benzene rings is 3. The number of ether oxygens (including phenoxy) is 1. The van der Waals surface area contributed by atoms with Crippen LogP contribution < -0.4 is 10.6 Å². The van der Waals surface area contributed by atoms with Crippen molar-refractivity contribution in [3.05, 3.63) is 77.9 Å². The van der Waals surface area contributed by atoms with Gasteiger partial charge in [-0.15, -0.1) is 0 Å². The molecule has 1 atom stereocenters. The predicted molar refractivity (Wildman–Crippen MR) is 146 cm³/mol. The molecule has 0 unspecified atom stereocenters. The molecule has 1 fully saturated rings. The molecule has 2 amide bonds. The third-order valence-corrected chi connectivity index (χ3v) is 7.34. The first-order valence-corrected chi connectivity index (χ1v) is 12.9. The van der Waals surface area contributed by atoms with E-state index in [-0.39, 0.29) is 17.7 Å². The van der Waals surface area contributed by atoms with Crippen LogP contribution in [0.3, 0.4) is 0 Å². The topological polar surface area (TPSA) is 84.5 Å². The number of methoxy groups -OCH3 is 1. The molecular formula is C31H36N2O4. The highest BCUT2D eigenvalue weighted by atomic mass is 16.5. The number of amides is 2. The zero-order chi connectivity index (χ0) is 26.6. The van der Waals surface area contributed by atoms with Gasteiger partial charge in [0.05, 0.1) is 7.11 Å². The van der Waals surface area contributed by atoms with Gasteiger partial charge in [0.1, 0.15) is 6.04 Å². The van der Waals surface area contributed by atoms with Gasteiger partial charge in [-0.3, -0.25) is 9.59 Å². The number of carbonyl (C=O) groups excluding carboxylic acids is 3. The SMILES string of the molecule is COC(=O)[C@@H](NC(=O)C1CCC(c2ccc(NC(=O)c3ccc4ccccc4c3)cc2)CC1)C(C)(C)C. The van der Waals surface area contributed by atoms with Crippen molar-refractivity contribution in [3.8, 4) is 0 Å². The molecular weight excluding hydrogens is 464 g/mol. The van der Waals surface area contributed by atoms with E-state index in [4.69, 9.17) is 4.74 Å². The van der Waals surface area contributed by atoms with Gasteiger partial charge < -0.3 is 15.4 Å². The summed E-state index contributed by atoms with van der Waals surface area (Å²) in [6.45, 7) is 5.75. The van der Waals surface area contributed by atoms with Gasteiger partial charge in [0.25, 0.3) is 5.91 Å². The first-order chi connectivity index (χ1) is 17.7. The Bertz CT molecular complexity index is 1270. The van der Waals surface area contributed by atoms with Gasteiger partial charge in [0.2, 0.25) is 5.91 Å². The van der Waals surface area contributed by atoms with E-state index in [1.165, 1.54) is 12.7 Å². The minimum absolute atomic E-state index is 0.0736. The smallest absolute Gasteiger partial charge is 0.328 e. The van der Waals surface area contributed by atoms with E-state index in [0.29, 0.717) is 11.5 Å². The van der Waals surface area contributed by atoms with Crippen LogP contribution in [-0.4, -0.2) is 30.9 Å². The zero-order valence-corrected chi connectivity index (χ0v) is 22.0. The van der Waals surface area contributed by atoms with Crippen LogP contribution in [0, 0.1) is 11.3 Å². The molecule has 0 radical (unpaired) electrons. The van der Waals surface area contributed by atoms with Gasteiger partial charge in [-0.2, -0.15) is 0 Å². The molecule has 0 saturated heterocycles. The third kappa shape index (κ3) is 6.37. The van der Waals surface area contributed by atoms with Crippen molar-refractivity contribution < 1.29 is 19.1 Å². The minimum Gasteiger partial charge on any atom is -0.467 e. The van der Waals surface area contributed by atoms with Gasteiger partial charge in [0.15, 0.2) is 0 Å². The Balaban J connectivity index is 1.32. The van der Waals surface area contributed by atoms with E-state index in [1.807, 2.05) is 75.4 Å². The van der Waals surface area contributed by atoms with Crippen LogP contribution in [0.25, 0.3) is 10.8 Å². The van der Waals surface area contributed by atoms with Crippen molar-refractivity contribution in [2.24, 2.45) is 11.3 Å². The summed E-state index contributed by atoms with van der Waals surface area (Å²) in [5, 5.41) is 8.06. The molecule has 3 aromatic carbocycles. The molecule has 0 aromatic heterocycles. The van der Waals surface area contributed by atoms with Crippen LogP contribution in [0.1, 0.15) is 68.3 Å². The van der Waals surface area contributed by atoms with Crippen LogP contribution >= 0.6 is 0 Å². The number of hydrogen-bond acceptors (Lipinski definition) is 4. The number of fused-ring (bicyclic) bond motifs is 1. The van der Waals surface area contributed by atoms with Crippen LogP contribution in [0.2, 0.25) is 0 Å². The first-order valence-electron chi connectivity index (χ1n) is 12.9. The second-order valence-electron chi connectivity index (χ2n) is 11.0. The summed E-state index contributed by atoms with van der Waals surface area (Å²) in [6, 6.07) is 21.0. The number of rotatable bonds is 6. The molecule has 1 saturated carbocycles. The summed E-state index contributed by atoms with van der Waals surface area (Å²) < 4.78 is 4.90. The third-order valence-electron chi connectivity index (χ3n) is 7.34. The molecule has 37 heavy (non-hydrogen) atoms. The van der Waals surface area contributed by atoms with Crippen LogP contribution in [0.15, 0.2) is 66.7 Å². The van der Waals surface area contributed by atoms with E-state index in [1.54, 1.807) is 0 Å². The van der Waals surface area contributed by atoms with Crippen molar-refractivity contribution in [2.75, 3.05) is 12.4 Å². The summed E-state index contributed by atoms with van der Waals surface area (Å²) in [7, 11) is 1.35. The Morgan fingerprint density at radius 2 is 1.51 bits per heavy atom. The summed E-state index contributed by atoms with van der Waals surface area (Å²) in [6.07, 6.45) is 3.35. The largest absolute Gasteiger partial charge is 0.467 e. The Morgan fingerprint density at radius 3 is 2.14 bits per heavy atom. The second kappa shape index (κ2) is 11.2. The molecule has 1 aliphatic carbocycles. The Kier molecular flexibility index (Phi) is 7.96. The fraction of sp³-hybridized carbons (Fsp3) is 0.387. The number of hydrogen-bond donors (Lipinski definition) is 2. The molecule has 0 aliphatic heterocycles.